The monoisotopic (exact) mass is 1820 g/mol. The molecule has 1 spiro atoms. The van der Waals surface area contributed by atoms with Crippen LogP contribution in [0, 0.1) is 37.0 Å². The van der Waals surface area contributed by atoms with Crippen molar-refractivity contribution >= 4 is 115 Å². The Labute approximate surface area is 770 Å². The lowest BCUT2D eigenvalue weighted by Crippen LogP contribution is -2.52. The molecule has 10 aliphatic rings. The van der Waals surface area contributed by atoms with Crippen molar-refractivity contribution in [1.82, 2.24) is 85.4 Å². The molecule has 0 bridgehead atoms. The molecule has 6 fully saturated rings. The number of aliphatic imine (C=N–C) groups is 4. The molecule has 129 heavy (non-hydrogen) atoms. The molecule has 0 radical (unpaired) electrons. The van der Waals surface area contributed by atoms with Crippen LogP contribution in [0.3, 0.4) is 0 Å². The second-order valence-electron chi connectivity index (χ2n) is 37.3. The number of nitrogens with zero attached hydrogens (tertiary/aromatic N) is 23. The van der Waals surface area contributed by atoms with E-state index in [1.165, 1.54) is 0 Å². The molecule has 32 nitrogen and oxygen atoms in total. The van der Waals surface area contributed by atoms with E-state index in [4.69, 9.17) is 100.0 Å². The van der Waals surface area contributed by atoms with Crippen molar-refractivity contribution in [3.63, 3.8) is 0 Å². The molecular weight excluding hydrogens is 1710 g/mol. The van der Waals surface area contributed by atoms with E-state index in [1.54, 1.807) is 44.8 Å². The molecule has 21 rings (SSSR count). The van der Waals surface area contributed by atoms with Crippen molar-refractivity contribution in [2.45, 2.75) is 181 Å². The molecule has 37 heteroatoms. The van der Waals surface area contributed by atoms with Gasteiger partial charge in [-0.15, -0.1) is 0 Å². The van der Waals surface area contributed by atoms with Crippen molar-refractivity contribution in [2.24, 2.45) is 64.9 Å². The Balaban J connectivity index is 0.000000114. The van der Waals surface area contributed by atoms with Gasteiger partial charge < -0.3 is 58.5 Å². The largest absolute Gasteiger partial charge is 0.372 e. The molecule has 14 N–H and O–H groups in total. The molecule has 0 amide bonds. The van der Waals surface area contributed by atoms with Crippen molar-refractivity contribution < 1.29 is 4.39 Å². The first-order chi connectivity index (χ1) is 61.9. The third-order valence-electron chi connectivity index (χ3n) is 27.8. The minimum atomic E-state index is -1.27. The van der Waals surface area contributed by atoms with Crippen LogP contribution < -0.4 is 58.5 Å². The minimum Gasteiger partial charge on any atom is -0.372 e. The summed E-state index contributed by atoms with van der Waals surface area (Å²) in [6.45, 7) is 29.2. The highest BCUT2D eigenvalue weighted by Crippen LogP contribution is 2.52. The summed E-state index contributed by atoms with van der Waals surface area (Å²) in [6, 6.07) is 12.9. The Kier molecular flexibility index (Phi) is 25.8. The Hall–Kier alpha value is -10.8. The van der Waals surface area contributed by atoms with E-state index in [0.717, 1.165) is 296 Å². The van der Waals surface area contributed by atoms with Crippen molar-refractivity contribution in [1.29, 1.82) is 0 Å². The zero-order chi connectivity index (χ0) is 90.5. The highest BCUT2D eigenvalue weighted by molar-refractivity contribution is 6.44. The van der Waals surface area contributed by atoms with Crippen LogP contribution in [0.15, 0.2) is 112 Å². The molecule has 9 aromatic heterocycles. The van der Waals surface area contributed by atoms with Crippen LogP contribution >= 0.6 is 46.4 Å². The molecule has 1 aliphatic carbocycles. The predicted octanol–water partition coefficient (Wildman–Crippen LogP) is 13.0. The summed E-state index contributed by atoms with van der Waals surface area (Å²) in [6.07, 6.45) is 25.8. The SMILES string of the molecule is CC1(F)CCC2(CCN(c3cnc4c(-c5cccc(Cl)c5Cl)[nH]nc4n3)CC2)C1N.CNc1nccc(C2=NCc3nc(N4CCC(C)(CN)CC4)cnc32)c1Cl.Cc1[nH]ncc1C1=NCc2nc(N3CCC(C)(CN)CC3)cnc21.Cc1[nH]ncc1C1=NCc2nc(N3CCC(C)(N)CC3)cnc21.Cc1cccc(C2=NCc3nc(N4CCC(C)(N)CC4)cnc32)c1Cl. The molecule has 5 saturated heterocycles. The van der Waals surface area contributed by atoms with Crippen LogP contribution in [-0.2, 0) is 26.2 Å². The standard InChI is InChI=1S/C21H23Cl2FN6.C19H24ClN7.C19H22ClN5.C17H23N7.C16H21N7/c1-20(24)5-6-21(19(20)25)7-9-30(10-8-21)14-11-26-17-16(28-29-18(17)27-14)12-3-2-4-13(22)15(12)23;1-19(11-21)4-7-27(8-5-19)14-10-25-17-13(26-14)9-24-16(17)12-3-6-23-18(22-2)15(12)20;1-12-4-3-5-13(16(12)20)17-18-14(10-22-17)24-15(11-23-18)25-8-6-19(2,21)7-9-25;1-11-12(7-21-23-11)15-16-13(8-19-15)22-14(9-20-16)24-5-3-17(2,10-18)4-6-24;1-10-11(7-20-22-10)14-15-12(8-18-14)21-13(9-19-15)23-5-3-16(2,17)4-6-23/h2-4,11,19H,5-10,25H2,1H3,(H,27,28,29);3,6,10H,4-5,7-9,11,21H2,1-2H3,(H,22,23);3-5,11H,6-10,21H2,1-2H3;7,9H,3-6,8,10,18H2,1-2H3,(H,21,23);7,9H,3-6,8,17H2,1-2H3,(H,20,22). The van der Waals surface area contributed by atoms with E-state index >= 15 is 0 Å². The van der Waals surface area contributed by atoms with Gasteiger partial charge in [0.2, 0.25) is 5.65 Å². The highest BCUT2D eigenvalue weighted by Gasteiger charge is 2.54. The van der Waals surface area contributed by atoms with Crippen molar-refractivity contribution in [3.8, 4) is 11.3 Å². The zero-order valence-corrected chi connectivity index (χ0v) is 77.6. The summed E-state index contributed by atoms with van der Waals surface area (Å²) in [4.78, 5) is 81.3. The number of fused-ring (bicyclic) bond motifs is 5. The van der Waals surface area contributed by atoms with Gasteiger partial charge in [0.15, 0.2) is 0 Å². The quantitative estimate of drug-likeness (QED) is 0.0517. The van der Waals surface area contributed by atoms with Crippen LogP contribution in [0.4, 0.5) is 39.3 Å². The van der Waals surface area contributed by atoms with E-state index in [-0.39, 0.29) is 27.3 Å². The maximum absolute atomic E-state index is 14.6. The number of hydrogen-bond acceptors (Lipinski definition) is 29. The van der Waals surface area contributed by atoms with Gasteiger partial charge in [0.05, 0.1) is 141 Å². The normalized spacial score (nSPS) is 20.6. The lowest BCUT2D eigenvalue weighted by atomic mass is 9.73. The number of piperidine rings is 5. The number of aryl methyl sites for hydroxylation is 3. The first kappa shape index (κ1) is 90.2. The third-order valence-corrected chi connectivity index (χ3v) is 29.5. The number of benzene rings is 2. The van der Waals surface area contributed by atoms with Gasteiger partial charge in [-0.25, -0.2) is 59.2 Å². The van der Waals surface area contributed by atoms with Crippen LogP contribution in [0.25, 0.3) is 22.4 Å². The van der Waals surface area contributed by atoms with Gasteiger partial charge >= 0.3 is 0 Å². The van der Waals surface area contributed by atoms with Gasteiger partial charge in [-0.3, -0.25) is 35.3 Å². The summed E-state index contributed by atoms with van der Waals surface area (Å²) >= 11 is 25.4. The van der Waals surface area contributed by atoms with E-state index in [0.29, 0.717) is 70.3 Å². The van der Waals surface area contributed by atoms with Crippen LogP contribution in [0.2, 0.25) is 20.1 Å². The van der Waals surface area contributed by atoms with E-state index in [2.05, 4.69) is 138 Å². The van der Waals surface area contributed by atoms with Crippen molar-refractivity contribution in [3.05, 3.63) is 197 Å². The van der Waals surface area contributed by atoms with Gasteiger partial charge in [0.25, 0.3) is 0 Å². The molecule has 18 heterocycles. The van der Waals surface area contributed by atoms with Crippen molar-refractivity contribution in [2.75, 3.05) is 115 Å². The van der Waals surface area contributed by atoms with Gasteiger partial charge in [0, 0.05) is 135 Å². The van der Waals surface area contributed by atoms with E-state index in [1.807, 2.05) is 82.0 Å². The number of aromatic amines is 3. The molecule has 2 atom stereocenters. The number of nitrogens with one attached hydrogen (secondary N) is 4. The number of pyridine rings is 1. The summed E-state index contributed by atoms with van der Waals surface area (Å²) in [5, 5.41) is 26.6. The fourth-order valence-corrected chi connectivity index (χ4v) is 19.5. The fourth-order valence-electron chi connectivity index (χ4n) is 18.5. The summed E-state index contributed by atoms with van der Waals surface area (Å²) in [5.74, 6) is 5.11. The number of H-pyrrole nitrogens is 3. The second kappa shape index (κ2) is 36.9. The Morgan fingerprint density at radius 2 is 0.822 bits per heavy atom. The summed E-state index contributed by atoms with van der Waals surface area (Å²) < 4.78 is 14.6. The first-order valence-electron chi connectivity index (χ1n) is 44.5. The molecule has 11 aromatic rings. The van der Waals surface area contributed by atoms with E-state index < -0.39 is 11.7 Å². The Morgan fingerprint density at radius 3 is 1.22 bits per heavy atom. The summed E-state index contributed by atoms with van der Waals surface area (Å²) in [7, 11) is 1.79. The van der Waals surface area contributed by atoms with Gasteiger partial charge in [-0.2, -0.15) is 15.3 Å². The van der Waals surface area contributed by atoms with Crippen LogP contribution in [0.5, 0.6) is 0 Å². The van der Waals surface area contributed by atoms with Crippen LogP contribution in [-0.4, -0.2) is 217 Å². The number of aromatic nitrogens is 17. The number of rotatable bonds is 13. The minimum absolute atomic E-state index is 0.0598. The highest BCUT2D eigenvalue weighted by atomic mass is 35.5. The zero-order valence-electron chi connectivity index (χ0n) is 74.6. The third kappa shape index (κ3) is 18.7. The number of nitrogens with two attached hydrogens (primary N) is 5. The topological polar surface area (TPSA) is 436 Å². The van der Waals surface area contributed by atoms with Gasteiger partial charge in [0.1, 0.15) is 68.9 Å². The average Bonchev–Trinajstić information content (AvgIpc) is 2.04. The molecule has 2 unspecified atom stereocenters. The second-order valence-corrected chi connectivity index (χ2v) is 38.8. The predicted molar refractivity (Wildman–Crippen MR) is 510 cm³/mol. The maximum Gasteiger partial charge on any atom is 0.202 e. The number of hydrogen-bond donors (Lipinski definition) is 9. The van der Waals surface area contributed by atoms with E-state index in [9.17, 15) is 4.39 Å². The molecule has 9 aliphatic heterocycles. The number of halogens is 5. The molecule has 676 valence electrons. The Morgan fingerprint density at radius 1 is 0.434 bits per heavy atom. The van der Waals surface area contributed by atoms with Crippen LogP contribution in [0.1, 0.15) is 196 Å². The maximum atomic E-state index is 14.6. The number of alkyl halides is 1. The lowest BCUT2D eigenvalue weighted by Gasteiger charge is -2.43. The summed E-state index contributed by atoms with van der Waals surface area (Å²) in [5.41, 5.74) is 49.5. The smallest absolute Gasteiger partial charge is 0.202 e. The Bertz CT molecular complexity index is 6090. The molecular formula is C92H113Cl4FN32. The molecule has 1 saturated carbocycles. The van der Waals surface area contributed by atoms with Gasteiger partial charge in [-0.05, 0) is 166 Å². The average molecular weight is 1830 g/mol. The molecule has 2 aromatic carbocycles. The first-order valence-corrected chi connectivity index (χ1v) is 46.0. The lowest BCUT2D eigenvalue weighted by molar-refractivity contribution is 0.110. The number of anilines is 6. The van der Waals surface area contributed by atoms with Gasteiger partial charge in [-0.1, -0.05) is 90.6 Å². The fraction of sp³-hybridized carbons (Fsp3) is 0.478.